The number of sulfonamides is 1. The summed E-state index contributed by atoms with van der Waals surface area (Å²) in [5.74, 6) is 0.238. The fourth-order valence-electron chi connectivity index (χ4n) is 5.32. The van der Waals surface area contributed by atoms with E-state index >= 15 is 0 Å². The number of rotatable bonds is 6. The van der Waals surface area contributed by atoms with Gasteiger partial charge in [-0.1, -0.05) is 56.3 Å². The quantitative estimate of drug-likeness (QED) is 0.479. The van der Waals surface area contributed by atoms with Gasteiger partial charge in [-0.25, -0.2) is 13.6 Å². The number of benzene rings is 3. The molecule has 3 aromatic rings. The second kappa shape index (κ2) is 9.85. The number of hydrogen-bond donors (Lipinski definition) is 1. The molecule has 2 N–H and O–H groups in total. The summed E-state index contributed by atoms with van der Waals surface area (Å²) in [6.07, 6.45) is 1.07. The van der Waals surface area contributed by atoms with Crippen LogP contribution in [0.4, 0.5) is 5.69 Å². The van der Waals surface area contributed by atoms with Gasteiger partial charge < -0.3 is 4.74 Å². The molecule has 8 heteroatoms. The Labute approximate surface area is 223 Å². The van der Waals surface area contributed by atoms with Gasteiger partial charge in [0.1, 0.15) is 12.4 Å². The summed E-state index contributed by atoms with van der Waals surface area (Å²) in [4.78, 5) is 28.6. The summed E-state index contributed by atoms with van der Waals surface area (Å²) < 4.78 is 29.3. The van der Waals surface area contributed by atoms with Crippen molar-refractivity contribution in [3.8, 4) is 5.75 Å². The van der Waals surface area contributed by atoms with Gasteiger partial charge in [-0.05, 0) is 59.4 Å². The molecule has 0 saturated heterocycles. The maximum Gasteiger partial charge on any atom is 0.238 e. The molecule has 38 heavy (non-hydrogen) atoms. The smallest absolute Gasteiger partial charge is 0.238 e. The van der Waals surface area contributed by atoms with Crippen molar-refractivity contribution in [2.24, 2.45) is 10.6 Å². The van der Waals surface area contributed by atoms with Crippen LogP contribution in [0.3, 0.4) is 0 Å². The number of amides is 1. The molecule has 1 aliphatic heterocycles. The molecule has 7 nitrogen and oxygen atoms in total. The molecule has 3 aromatic carbocycles. The molecule has 1 unspecified atom stereocenters. The lowest BCUT2D eigenvalue weighted by Crippen LogP contribution is -2.43. The lowest BCUT2D eigenvalue weighted by Gasteiger charge is -2.43. The number of carbonyl (C=O) groups is 2. The topological polar surface area (TPSA) is 107 Å². The highest BCUT2D eigenvalue weighted by Crippen LogP contribution is 2.48. The third-order valence-corrected chi connectivity index (χ3v) is 8.03. The maximum absolute atomic E-state index is 13.6. The Kier molecular flexibility index (Phi) is 6.71. The molecule has 0 radical (unpaired) electrons. The first-order valence-electron chi connectivity index (χ1n) is 12.5. The molecule has 5 rings (SSSR count). The van der Waals surface area contributed by atoms with Crippen molar-refractivity contribution in [1.29, 1.82) is 0 Å². The van der Waals surface area contributed by atoms with Gasteiger partial charge in [0, 0.05) is 35.7 Å². The summed E-state index contributed by atoms with van der Waals surface area (Å²) in [7, 11) is -3.86. The Morgan fingerprint density at radius 2 is 1.58 bits per heavy atom. The lowest BCUT2D eigenvalue weighted by molar-refractivity contribution is -0.121. The van der Waals surface area contributed by atoms with Gasteiger partial charge in [-0.2, -0.15) is 0 Å². The van der Waals surface area contributed by atoms with Crippen molar-refractivity contribution >= 4 is 27.4 Å². The Bertz CT molecular complexity index is 1510. The Morgan fingerprint density at radius 3 is 2.21 bits per heavy atom. The van der Waals surface area contributed by atoms with E-state index in [1.54, 1.807) is 17.0 Å². The minimum absolute atomic E-state index is 0.0318. The summed E-state index contributed by atoms with van der Waals surface area (Å²) in [5, 5.41) is 5.24. The van der Waals surface area contributed by atoms with Gasteiger partial charge in [0.15, 0.2) is 5.78 Å². The first-order chi connectivity index (χ1) is 18.0. The number of primary sulfonamides is 1. The second-order valence-electron chi connectivity index (χ2n) is 10.7. The second-order valence-corrected chi connectivity index (χ2v) is 12.2. The van der Waals surface area contributed by atoms with Crippen molar-refractivity contribution in [2.75, 3.05) is 4.90 Å². The maximum atomic E-state index is 13.6. The molecule has 0 saturated carbocycles. The fraction of sp³-hybridized carbons (Fsp3) is 0.267. The van der Waals surface area contributed by atoms with Crippen LogP contribution in [0.25, 0.3) is 0 Å². The van der Waals surface area contributed by atoms with E-state index < -0.39 is 10.0 Å². The van der Waals surface area contributed by atoms with Gasteiger partial charge in [-0.3, -0.25) is 14.5 Å². The molecule has 196 valence electrons. The van der Waals surface area contributed by atoms with Crippen molar-refractivity contribution in [3.63, 3.8) is 0 Å². The average Bonchev–Trinajstić information content (AvgIpc) is 2.87. The van der Waals surface area contributed by atoms with Crippen LogP contribution >= 0.6 is 0 Å². The van der Waals surface area contributed by atoms with Crippen LogP contribution in [-0.4, -0.2) is 20.1 Å². The number of ketones is 1. The third kappa shape index (κ3) is 5.28. The van der Waals surface area contributed by atoms with E-state index in [-0.39, 0.29) is 34.3 Å². The molecule has 1 heterocycles. The van der Waals surface area contributed by atoms with Crippen LogP contribution in [0.2, 0.25) is 0 Å². The third-order valence-electron chi connectivity index (χ3n) is 7.10. The van der Waals surface area contributed by atoms with Gasteiger partial charge >= 0.3 is 0 Å². The first kappa shape index (κ1) is 25.9. The summed E-state index contributed by atoms with van der Waals surface area (Å²) in [6.45, 7) is 4.48. The van der Waals surface area contributed by atoms with E-state index in [4.69, 9.17) is 9.88 Å². The zero-order chi connectivity index (χ0) is 27.1. The molecule has 1 amide bonds. The highest BCUT2D eigenvalue weighted by atomic mass is 32.2. The first-order valence-corrected chi connectivity index (χ1v) is 14.1. The average molecular weight is 531 g/mol. The molecule has 1 atom stereocenters. The SMILES string of the molecule is CC1(C)CC(=O)C2=C(C1)N(c1ccc(S(N)(=O)=O)cc1)C(=O)CC2c1ccc(OCc2ccccc2)cc1. The van der Waals surface area contributed by atoms with Gasteiger partial charge in [0.2, 0.25) is 15.9 Å². The van der Waals surface area contributed by atoms with E-state index in [0.29, 0.717) is 42.2 Å². The normalized spacial score (nSPS) is 19.3. The Balaban J connectivity index is 1.48. The Hall–Kier alpha value is -3.75. The summed E-state index contributed by atoms with van der Waals surface area (Å²) in [6, 6.07) is 23.4. The van der Waals surface area contributed by atoms with Crippen LogP contribution < -0.4 is 14.8 Å². The number of hydrogen-bond acceptors (Lipinski definition) is 5. The van der Waals surface area contributed by atoms with Gasteiger partial charge in [0.05, 0.1) is 4.90 Å². The number of Topliss-reactive ketones (excluding diaryl/α,β-unsaturated/α-hetero) is 1. The molecular formula is C30H30N2O5S. The highest BCUT2D eigenvalue weighted by Gasteiger charge is 2.44. The fourth-order valence-corrected chi connectivity index (χ4v) is 5.84. The van der Waals surface area contributed by atoms with Crippen molar-refractivity contribution in [1.82, 2.24) is 0 Å². The minimum Gasteiger partial charge on any atom is -0.489 e. The molecule has 0 spiro atoms. The number of ether oxygens (including phenoxy) is 1. The van der Waals surface area contributed by atoms with Crippen LogP contribution in [0, 0.1) is 5.41 Å². The predicted molar refractivity (Wildman–Crippen MR) is 145 cm³/mol. The van der Waals surface area contributed by atoms with Crippen molar-refractivity contribution < 1.29 is 22.7 Å². The zero-order valence-electron chi connectivity index (χ0n) is 21.4. The van der Waals surface area contributed by atoms with Gasteiger partial charge in [-0.15, -0.1) is 0 Å². The largest absolute Gasteiger partial charge is 0.489 e. The lowest BCUT2D eigenvalue weighted by atomic mass is 9.69. The van der Waals surface area contributed by atoms with Crippen LogP contribution in [-0.2, 0) is 26.2 Å². The van der Waals surface area contributed by atoms with Crippen LogP contribution in [0.1, 0.15) is 50.2 Å². The van der Waals surface area contributed by atoms with Crippen molar-refractivity contribution in [3.05, 3.63) is 101 Å². The van der Waals surface area contributed by atoms with E-state index in [1.807, 2.05) is 68.4 Å². The number of nitrogens with zero attached hydrogens (tertiary/aromatic N) is 1. The Morgan fingerprint density at radius 1 is 0.921 bits per heavy atom. The van der Waals surface area contributed by atoms with Crippen LogP contribution in [0.5, 0.6) is 5.75 Å². The van der Waals surface area contributed by atoms with E-state index in [9.17, 15) is 18.0 Å². The number of carbonyl (C=O) groups excluding carboxylic acids is 2. The number of allylic oxidation sites excluding steroid dienone is 2. The zero-order valence-corrected chi connectivity index (χ0v) is 22.2. The minimum atomic E-state index is -3.86. The molecule has 2 aliphatic rings. The molecule has 0 fully saturated rings. The summed E-state index contributed by atoms with van der Waals surface area (Å²) in [5.41, 5.74) is 3.49. The predicted octanol–water partition coefficient (Wildman–Crippen LogP) is 5.08. The standard InChI is InChI=1S/C30H30N2O5S/c1-30(2)17-26-29(27(33)18-30)25(16-28(34)32(26)22-10-14-24(15-11-22)38(31,35)36)21-8-12-23(13-9-21)37-19-20-6-4-3-5-7-20/h3-15,25H,16-19H2,1-2H3,(H2,31,35,36). The molecule has 1 aliphatic carbocycles. The molecule has 0 aromatic heterocycles. The van der Waals surface area contributed by atoms with Crippen molar-refractivity contribution in [2.45, 2.75) is 50.5 Å². The van der Waals surface area contributed by atoms with E-state index in [0.717, 1.165) is 11.1 Å². The number of nitrogens with two attached hydrogens (primary N) is 1. The van der Waals surface area contributed by atoms with E-state index in [1.165, 1.54) is 12.1 Å². The number of anilines is 1. The monoisotopic (exact) mass is 530 g/mol. The highest BCUT2D eigenvalue weighted by molar-refractivity contribution is 7.89. The van der Waals surface area contributed by atoms with Gasteiger partial charge in [0.25, 0.3) is 0 Å². The van der Waals surface area contributed by atoms with Crippen LogP contribution in [0.15, 0.2) is 95.0 Å². The summed E-state index contributed by atoms with van der Waals surface area (Å²) >= 11 is 0. The molecule has 0 bridgehead atoms. The van der Waals surface area contributed by atoms with E-state index in [2.05, 4.69) is 0 Å². The molecular weight excluding hydrogens is 500 g/mol.